The summed E-state index contributed by atoms with van der Waals surface area (Å²) in [6.07, 6.45) is 0.887. The van der Waals surface area contributed by atoms with Crippen molar-refractivity contribution in [2.75, 3.05) is 13.7 Å². The molecular weight excluding hydrogens is 256 g/mol. The molecule has 0 bridgehead atoms. The van der Waals surface area contributed by atoms with E-state index in [0.29, 0.717) is 17.9 Å². The largest absolute Gasteiger partial charge is 0.495 e. The minimum Gasteiger partial charge on any atom is -0.495 e. The average molecular weight is 274 g/mol. The van der Waals surface area contributed by atoms with Crippen molar-refractivity contribution in [2.45, 2.75) is 25.9 Å². The van der Waals surface area contributed by atoms with Gasteiger partial charge in [-0.15, -0.1) is 0 Å². The van der Waals surface area contributed by atoms with Gasteiger partial charge in [-0.1, -0.05) is 13.0 Å². The molecule has 1 saturated heterocycles. The van der Waals surface area contributed by atoms with Gasteiger partial charge in [-0.25, -0.2) is 0 Å². The van der Waals surface area contributed by atoms with Crippen LogP contribution in [0.3, 0.4) is 0 Å². The number of carboxylic acids is 1. The van der Waals surface area contributed by atoms with Crippen molar-refractivity contribution in [3.8, 4) is 11.8 Å². The van der Waals surface area contributed by atoms with E-state index in [4.69, 9.17) is 10.00 Å². The number of methoxy groups -OCH3 is 1. The molecule has 1 N–H and O–H groups in total. The molecular formula is C15H18N2O3. The standard InChI is InChI=1S/C15H18N2O3/c1-10-5-6-17(14(10)15(18)19)9-11-3-4-13(20-2)12(7-11)8-16/h3-4,7,10,14H,5-6,9H2,1-2H3,(H,18,19). The third-order valence-electron chi connectivity index (χ3n) is 3.83. The molecule has 5 nitrogen and oxygen atoms in total. The van der Waals surface area contributed by atoms with E-state index in [-0.39, 0.29) is 5.92 Å². The summed E-state index contributed by atoms with van der Waals surface area (Å²) in [5.41, 5.74) is 1.41. The lowest BCUT2D eigenvalue weighted by molar-refractivity contribution is -0.143. The SMILES string of the molecule is COc1ccc(CN2CCC(C)C2C(=O)O)cc1C#N. The summed E-state index contributed by atoms with van der Waals surface area (Å²) in [5.74, 6) is -0.0778. The number of hydrogen-bond acceptors (Lipinski definition) is 4. The topological polar surface area (TPSA) is 73.6 Å². The predicted octanol–water partition coefficient (Wildman–Crippen LogP) is 1.86. The van der Waals surface area contributed by atoms with Gasteiger partial charge in [0.15, 0.2) is 0 Å². The van der Waals surface area contributed by atoms with Gasteiger partial charge in [-0.2, -0.15) is 5.26 Å². The Balaban J connectivity index is 2.18. The molecule has 5 heteroatoms. The van der Waals surface area contributed by atoms with Gasteiger partial charge in [0.25, 0.3) is 0 Å². The van der Waals surface area contributed by atoms with E-state index < -0.39 is 12.0 Å². The van der Waals surface area contributed by atoms with Crippen LogP contribution in [0.5, 0.6) is 5.75 Å². The second kappa shape index (κ2) is 5.93. The Hall–Kier alpha value is -2.06. The molecule has 1 aliphatic rings. The molecule has 1 aromatic rings. The number of nitrogens with zero attached hydrogens (tertiary/aromatic N) is 2. The summed E-state index contributed by atoms with van der Waals surface area (Å²) in [7, 11) is 1.53. The number of ether oxygens (including phenoxy) is 1. The van der Waals surface area contributed by atoms with Crippen LogP contribution in [0.15, 0.2) is 18.2 Å². The summed E-state index contributed by atoms with van der Waals surface area (Å²) < 4.78 is 5.11. The summed E-state index contributed by atoms with van der Waals surface area (Å²) in [5, 5.41) is 18.4. The third kappa shape index (κ3) is 2.75. The van der Waals surface area contributed by atoms with Crippen molar-refractivity contribution in [2.24, 2.45) is 5.92 Å². The van der Waals surface area contributed by atoms with Crippen LogP contribution in [0.25, 0.3) is 0 Å². The normalized spacial score (nSPS) is 22.4. The average Bonchev–Trinajstić information content (AvgIpc) is 2.79. The van der Waals surface area contributed by atoms with Gasteiger partial charge < -0.3 is 9.84 Å². The van der Waals surface area contributed by atoms with E-state index in [1.165, 1.54) is 7.11 Å². The fourth-order valence-corrected chi connectivity index (χ4v) is 2.78. The number of hydrogen-bond donors (Lipinski definition) is 1. The van der Waals surface area contributed by atoms with Gasteiger partial charge >= 0.3 is 5.97 Å². The number of likely N-dealkylation sites (tertiary alicyclic amines) is 1. The van der Waals surface area contributed by atoms with Crippen LogP contribution in [0.2, 0.25) is 0 Å². The van der Waals surface area contributed by atoms with E-state index in [1.807, 2.05) is 17.9 Å². The highest BCUT2D eigenvalue weighted by Gasteiger charge is 2.36. The molecule has 0 radical (unpaired) electrons. The maximum atomic E-state index is 11.3. The van der Waals surface area contributed by atoms with Gasteiger partial charge in [0.05, 0.1) is 12.7 Å². The van der Waals surface area contributed by atoms with Crippen molar-refractivity contribution < 1.29 is 14.6 Å². The molecule has 0 amide bonds. The zero-order valence-corrected chi connectivity index (χ0v) is 11.7. The van der Waals surface area contributed by atoms with Crippen LogP contribution in [0.4, 0.5) is 0 Å². The molecule has 0 aromatic heterocycles. The van der Waals surface area contributed by atoms with E-state index in [1.54, 1.807) is 12.1 Å². The molecule has 1 aromatic carbocycles. The van der Waals surface area contributed by atoms with Crippen molar-refractivity contribution in [3.05, 3.63) is 29.3 Å². The van der Waals surface area contributed by atoms with Crippen molar-refractivity contribution in [1.29, 1.82) is 5.26 Å². The Labute approximate surface area is 118 Å². The molecule has 1 aliphatic heterocycles. The number of rotatable bonds is 4. The fraction of sp³-hybridized carbons (Fsp3) is 0.467. The zero-order chi connectivity index (χ0) is 14.7. The maximum absolute atomic E-state index is 11.3. The van der Waals surface area contributed by atoms with E-state index >= 15 is 0 Å². The third-order valence-corrected chi connectivity index (χ3v) is 3.83. The monoisotopic (exact) mass is 274 g/mol. The Morgan fingerprint density at radius 1 is 1.60 bits per heavy atom. The van der Waals surface area contributed by atoms with Crippen molar-refractivity contribution in [1.82, 2.24) is 4.90 Å². The van der Waals surface area contributed by atoms with Gasteiger partial charge in [0, 0.05) is 6.54 Å². The van der Waals surface area contributed by atoms with Crippen molar-refractivity contribution in [3.63, 3.8) is 0 Å². The Morgan fingerprint density at radius 2 is 2.35 bits per heavy atom. The highest BCUT2D eigenvalue weighted by Crippen LogP contribution is 2.27. The second-order valence-electron chi connectivity index (χ2n) is 5.17. The number of nitriles is 1. The number of carbonyl (C=O) groups is 1. The summed E-state index contributed by atoms with van der Waals surface area (Å²) in [6, 6.07) is 7.05. The highest BCUT2D eigenvalue weighted by molar-refractivity contribution is 5.74. The van der Waals surface area contributed by atoms with Crippen LogP contribution in [0, 0.1) is 17.2 Å². The van der Waals surface area contributed by atoms with Gasteiger partial charge in [0.2, 0.25) is 0 Å². The lowest BCUT2D eigenvalue weighted by Gasteiger charge is -2.23. The molecule has 1 fully saturated rings. The summed E-state index contributed by atoms with van der Waals surface area (Å²) in [6.45, 7) is 3.28. The van der Waals surface area contributed by atoms with E-state index in [2.05, 4.69) is 6.07 Å². The van der Waals surface area contributed by atoms with Crippen LogP contribution in [-0.4, -0.2) is 35.7 Å². The first-order chi connectivity index (χ1) is 9.56. The molecule has 20 heavy (non-hydrogen) atoms. The van der Waals surface area contributed by atoms with Crippen molar-refractivity contribution >= 4 is 5.97 Å². The van der Waals surface area contributed by atoms with Gasteiger partial charge in [0.1, 0.15) is 17.9 Å². The smallest absolute Gasteiger partial charge is 0.321 e. The number of carboxylic acid groups (broad SMARTS) is 1. The lowest BCUT2D eigenvalue weighted by atomic mass is 10.0. The first kappa shape index (κ1) is 14.4. The highest BCUT2D eigenvalue weighted by atomic mass is 16.5. The molecule has 2 unspecified atom stereocenters. The predicted molar refractivity (Wildman–Crippen MR) is 73.3 cm³/mol. The number of benzene rings is 1. The molecule has 1 heterocycles. The molecule has 2 rings (SSSR count). The van der Waals surface area contributed by atoms with E-state index in [9.17, 15) is 9.90 Å². The summed E-state index contributed by atoms with van der Waals surface area (Å²) >= 11 is 0. The Kier molecular flexibility index (Phi) is 4.26. The fourth-order valence-electron chi connectivity index (χ4n) is 2.78. The van der Waals surface area contributed by atoms with Crippen LogP contribution < -0.4 is 4.74 Å². The Bertz CT molecular complexity index is 551. The van der Waals surface area contributed by atoms with Crippen LogP contribution in [-0.2, 0) is 11.3 Å². The molecule has 2 atom stereocenters. The molecule has 106 valence electrons. The second-order valence-corrected chi connectivity index (χ2v) is 5.17. The lowest BCUT2D eigenvalue weighted by Crippen LogP contribution is -2.38. The van der Waals surface area contributed by atoms with Crippen LogP contribution >= 0.6 is 0 Å². The Morgan fingerprint density at radius 3 is 2.95 bits per heavy atom. The first-order valence-corrected chi connectivity index (χ1v) is 6.60. The van der Waals surface area contributed by atoms with Gasteiger partial charge in [-0.05, 0) is 36.6 Å². The molecule has 0 aliphatic carbocycles. The maximum Gasteiger partial charge on any atom is 0.321 e. The zero-order valence-electron chi connectivity index (χ0n) is 11.7. The summed E-state index contributed by atoms with van der Waals surface area (Å²) in [4.78, 5) is 13.3. The first-order valence-electron chi connectivity index (χ1n) is 6.60. The molecule has 0 spiro atoms. The minimum absolute atomic E-state index is 0.154. The van der Waals surface area contributed by atoms with Gasteiger partial charge in [-0.3, -0.25) is 9.69 Å². The quantitative estimate of drug-likeness (QED) is 0.907. The molecule has 0 saturated carbocycles. The van der Waals surface area contributed by atoms with Crippen LogP contribution in [0.1, 0.15) is 24.5 Å². The minimum atomic E-state index is -0.774. The van der Waals surface area contributed by atoms with E-state index in [0.717, 1.165) is 18.5 Å². The number of aliphatic carboxylic acids is 1.